The van der Waals surface area contributed by atoms with Gasteiger partial charge in [-0.1, -0.05) is 0 Å². The summed E-state index contributed by atoms with van der Waals surface area (Å²) < 4.78 is 7.50. The molecule has 3 aromatic rings. The van der Waals surface area contributed by atoms with E-state index in [-0.39, 0.29) is 0 Å². The first-order valence-corrected chi connectivity index (χ1v) is 8.33. The van der Waals surface area contributed by atoms with Crippen LogP contribution < -0.4 is 10.2 Å². The summed E-state index contributed by atoms with van der Waals surface area (Å²) in [5.41, 5.74) is 3.16. The third-order valence-electron chi connectivity index (χ3n) is 4.30. The maximum absolute atomic E-state index is 5.42. The van der Waals surface area contributed by atoms with Crippen LogP contribution in [0.5, 0.6) is 0 Å². The number of fused-ring (bicyclic) bond motifs is 1. The van der Waals surface area contributed by atoms with Gasteiger partial charge < -0.3 is 19.2 Å². The Balaban J connectivity index is 1.60. The van der Waals surface area contributed by atoms with Crippen LogP contribution in [0.2, 0.25) is 0 Å². The van der Waals surface area contributed by atoms with Crippen LogP contribution in [-0.4, -0.2) is 45.8 Å². The average molecular weight is 326 g/mol. The van der Waals surface area contributed by atoms with Crippen molar-refractivity contribution < 1.29 is 4.74 Å². The second kappa shape index (κ2) is 6.16. The van der Waals surface area contributed by atoms with Crippen LogP contribution in [0.25, 0.3) is 11.0 Å². The fourth-order valence-corrected chi connectivity index (χ4v) is 3.01. The molecule has 0 radical (unpaired) electrons. The molecule has 1 aliphatic rings. The molecule has 2 N–H and O–H groups in total. The molecule has 24 heavy (non-hydrogen) atoms. The number of H-pyrrole nitrogens is 1. The number of morpholine rings is 1. The molecular formula is C17H22N6O. The van der Waals surface area contributed by atoms with Gasteiger partial charge >= 0.3 is 0 Å². The van der Waals surface area contributed by atoms with Crippen LogP contribution in [0.4, 0.5) is 17.6 Å². The highest BCUT2D eigenvalue weighted by Crippen LogP contribution is 2.24. The predicted octanol–water partition coefficient (Wildman–Crippen LogP) is 2.92. The molecule has 0 unspecified atom stereocenters. The number of hydrogen-bond acceptors (Lipinski definition) is 5. The number of ether oxygens (including phenoxy) is 1. The largest absolute Gasteiger partial charge is 0.378 e. The SMILES string of the molecule is CC(C)n1ccnc1Nc1nc2ccc(N3CCOCC3)cc2[nH]1. The second-order valence-corrected chi connectivity index (χ2v) is 6.26. The molecule has 0 amide bonds. The topological polar surface area (TPSA) is 71.0 Å². The molecule has 2 aromatic heterocycles. The van der Waals surface area contributed by atoms with Crippen LogP contribution in [0.1, 0.15) is 19.9 Å². The lowest BCUT2D eigenvalue weighted by Crippen LogP contribution is -2.36. The van der Waals surface area contributed by atoms with E-state index >= 15 is 0 Å². The van der Waals surface area contributed by atoms with Crippen LogP contribution in [0.3, 0.4) is 0 Å². The fraction of sp³-hybridized carbons (Fsp3) is 0.412. The molecule has 4 rings (SSSR count). The van der Waals surface area contributed by atoms with E-state index in [1.54, 1.807) is 6.20 Å². The number of aromatic amines is 1. The van der Waals surface area contributed by atoms with Crippen molar-refractivity contribution in [2.75, 3.05) is 36.5 Å². The second-order valence-electron chi connectivity index (χ2n) is 6.26. The first kappa shape index (κ1) is 15.0. The average Bonchev–Trinajstić information content (AvgIpc) is 3.21. The smallest absolute Gasteiger partial charge is 0.209 e. The van der Waals surface area contributed by atoms with Crippen molar-refractivity contribution in [1.29, 1.82) is 0 Å². The Kier molecular flexibility index (Phi) is 3.86. The van der Waals surface area contributed by atoms with Crippen molar-refractivity contribution in [2.45, 2.75) is 19.9 Å². The maximum atomic E-state index is 5.42. The normalized spacial score (nSPS) is 15.4. The first-order valence-electron chi connectivity index (χ1n) is 8.33. The van der Waals surface area contributed by atoms with Crippen molar-refractivity contribution >= 4 is 28.6 Å². The molecule has 1 saturated heterocycles. The number of nitrogens with zero attached hydrogens (tertiary/aromatic N) is 4. The van der Waals surface area contributed by atoms with Gasteiger partial charge in [-0.05, 0) is 32.0 Å². The van der Waals surface area contributed by atoms with Crippen molar-refractivity contribution in [3.8, 4) is 0 Å². The van der Waals surface area contributed by atoms with Crippen LogP contribution in [0, 0.1) is 0 Å². The third-order valence-corrected chi connectivity index (χ3v) is 4.30. The highest BCUT2D eigenvalue weighted by molar-refractivity contribution is 5.82. The third kappa shape index (κ3) is 2.82. The first-order chi connectivity index (χ1) is 11.7. The zero-order valence-corrected chi connectivity index (χ0v) is 14.0. The summed E-state index contributed by atoms with van der Waals surface area (Å²) in [6, 6.07) is 6.66. The Morgan fingerprint density at radius 3 is 2.88 bits per heavy atom. The van der Waals surface area contributed by atoms with E-state index in [0.717, 1.165) is 43.3 Å². The number of benzene rings is 1. The van der Waals surface area contributed by atoms with Crippen molar-refractivity contribution in [3.63, 3.8) is 0 Å². The highest BCUT2D eigenvalue weighted by atomic mass is 16.5. The standard InChI is InChI=1S/C17H22N6O/c1-12(2)23-6-5-18-17(23)21-16-19-14-4-3-13(11-15(14)20-16)22-7-9-24-10-8-22/h3-6,11-12H,7-10H2,1-2H3,(H2,18,19,20,21). The number of aromatic nitrogens is 4. The Morgan fingerprint density at radius 1 is 1.25 bits per heavy atom. The molecule has 1 fully saturated rings. The van der Waals surface area contributed by atoms with Gasteiger partial charge in [0.05, 0.1) is 24.2 Å². The molecule has 0 atom stereocenters. The molecular weight excluding hydrogens is 304 g/mol. The van der Waals surface area contributed by atoms with Gasteiger partial charge in [-0.3, -0.25) is 5.32 Å². The van der Waals surface area contributed by atoms with Crippen molar-refractivity contribution in [3.05, 3.63) is 30.6 Å². The molecule has 126 valence electrons. The Hall–Kier alpha value is -2.54. The summed E-state index contributed by atoms with van der Waals surface area (Å²) >= 11 is 0. The van der Waals surface area contributed by atoms with Gasteiger partial charge in [0.2, 0.25) is 11.9 Å². The van der Waals surface area contributed by atoms with Gasteiger partial charge in [-0.15, -0.1) is 0 Å². The van der Waals surface area contributed by atoms with E-state index in [9.17, 15) is 0 Å². The summed E-state index contributed by atoms with van der Waals surface area (Å²) in [7, 11) is 0. The summed E-state index contributed by atoms with van der Waals surface area (Å²) in [5, 5.41) is 3.27. The van der Waals surface area contributed by atoms with Gasteiger partial charge in [0.25, 0.3) is 0 Å². The van der Waals surface area contributed by atoms with Gasteiger partial charge in [0, 0.05) is 37.2 Å². The van der Waals surface area contributed by atoms with Gasteiger partial charge in [-0.25, -0.2) is 9.97 Å². The minimum atomic E-state index is 0.340. The number of rotatable bonds is 4. The molecule has 3 heterocycles. The maximum Gasteiger partial charge on any atom is 0.209 e. The summed E-state index contributed by atoms with van der Waals surface area (Å²) in [6.07, 6.45) is 3.76. The summed E-state index contributed by atoms with van der Waals surface area (Å²) in [4.78, 5) is 14.7. The zero-order valence-electron chi connectivity index (χ0n) is 14.0. The molecule has 0 saturated carbocycles. The molecule has 0 spiro atoms. The van der Waals surface area contributed by atoms with Crippen LogP contribution in [0.15, 0.2) is 30.6 Å². The summed E-state index contributed by atoms with van der Waals surface area (Å²) in [5.74, 6) is 1.50. The monoisotopic (exact) mass is 326 g/mol. The molecule has 0 aliphatic carbocycles. The highest BCUT2D eigenvalue weighted by Gasteiger charge is 2.13. The van der Waals surface area contributed by atoms with Crippen molar-refractivity contribution in [1.82, 2.24) is 19.5 Å². The minimum Gasteiger partial charge on any atom is -0.378 e. The Bertz CT molecular complexity index is 831. The van der Waals surface area contributed by atoms with E-state index in [4.69, 9.17) is 4.74 Å². The van der Waals surface area contributed by atoms with Crippen molar-refractivity contribution in [2.24, 2.45) is 0 Å². The van der Waals surface area contributed by atoms with E-state index < -0.39 is 0 Å². The van der Waals surface area contributed by atoms with E-state index in [0.29, 0.717) is 12.0 Å². The number of imidazole rings is 2. The molecule has 1 aromatic carbocycles. The minimum absolute atomic E-state index is 0.340. The fourth-order valence-electron chi connectivity index (χ4n) is 3.01. The quantitative estimate of drug-likeness (QED) is 0.771. The van der Waals surface area contributed by atoms with Gasteiger partial charge in [0.15, 0.2) is 0 Å². The molecule has 1 aliphatic heterocycles. The molecule has 0 bridgehead atoms. The predicted molar refractivity (Wildman–Crippen MR) is 95.0 cm³/mol. The number of anilines is 3. The van der Waals surface area contributed by atoms with E-state index in [1.165, 1.54) is 5.69 Å². The lowest BCUT2D eigenvalue weighted by molar-refractivity contribution is 0.122. The molecule has 7 heteroatoms. The Labute approximate surface area is 140 Å². The molecule has 7 nitrogen and oxygen atoms in total. The van der Waals surface area contributed by atoms with Gasteiger partial charge in [0.1, 0.15) is 0 Å². The lowest BCUT2D eigenvalue weighted by atomic mass is 10.2. The summed E-state index contributed by atoms with van der Waals surface area (Å²) in [6.45, 7) is 7.67. The van der Waals surface area contributed by atoms with Crippen LogP contribution in [-0.2, 0) is 4.74 Å². The van der Waals surface area contributed by atoms with E-state index in [2.05, 4.69) is 61.8 Å². The van der Waals surface area contributed by atoms with E-state index in [1.807, 2.05) is 6.20 Å². The zero-order chi connectivity index (χ0) is 16.5. The number of nitrogens with one attached hydrogen (secondary N) is 2. The number of hydrogen-bond donors (Lipinski definition) is 2. The van der Waals surface area contributed by atoms with Gasteiger partial charge in [-0.2, -0.15) is 0 Å². The lowest BCUT2D eigenvalue weighted by Gasteiger charge is -2.28. The Morgan fingerprint density at radius 2 is 2.08 bits per heavy atom. The van der Waals surface area contributed by atoms with Crippen LogP contribution >= 0.6 is 0 Å².